The molecule has 162 valence electrons. The van der Waals surface area contributed by atoms with E-state index in [1.54, 1.807) is 12.1 Å². The summed E-state index contributed by atoms with van der Waals surface area (Å²) in [4.78, 5) is 30.0. The molecule has 0 saturated carbocycles. The van der Waals surface area contributed by atoms with Gasteiger partial charge in [-0.2, -0.15) is 0 Å². The number of benzene rings is 1. The molecule has 1 unspecified atom stereocenters. The first kappa shape index (κ1) is 20.0. The minimum atomic E-state index is -0.396. The Morgan fingerprint density at radius 3 is 2.81 bits per heavy atom. The lowest BCUT2D eigenvalue weighted by atomic mass is 9.94. The van der Waals surface area contributed by atoms with Gasteiger partial charge in [-0.05, 0) is 48.2 Å². The highest BCUT2D eigenvalue weighted by Crippen LogP contribution is 2.36. The lowest BCUT2D eigenvalue weighted by molar-refractivity contribution is -0.122. The van der Waals surface area contributed by atoms with Gasteiger partial charge in [-0.1, -0.05) is 0 Å². The minimum Gasteiger partial charge on any atom is -0.379 e. The highest BCUT2D eigenvalue weighted by atomic mass is 19.1. The van der Waals surface area contributed by atoms with Crippen LogP contribution in [0.15, 0.2) is 24.4 Å². The van der Waals surface area contributed by atoms with Gasteiger partial charge in [0.15, 0.2) is 0 Å². The van der Waals surface area contributed by atoms with E-state index in [9.17, 15) is 14.0 Å². The molecule has 3 aliphatic rings. The lowest BCUT2D eigenvalue weighted by Gasteiger charge is -2.25. The number of anilines is 1. The molecule has 1 aromatic heterocycles. The first-order valence-electron chi connectivity index (χ1n) is 10.7. The number of H-pyrrole nitrogens is 1. The number of aromatic nitrogens is 1. The Morgan fingerprint density at radius 1 is 1.19 bits per heavy atom. The Balaban J connectivity index is 1.38. The highest BCUT2D eigenvalue weighted by molar-refractivity contribution is 6.34. The van der Waals surface area contributed by atoms with Crippen molar-refractivity contribution in [3.63, 3.8) is 0 Å². The second kappa shape index (κ2) is 8.28. The van der Waals surface area contributed by atoms with Crippen LogP contribution in [0.1, 0.15) is 28.8 Å². The zero-order valence-corrected chi connectivity index (χ0v) is 17.2. The molecule has 4 heterocycles. The van der Waals surface area contributed by atoms with E-state index in [0.717, 1.165) is 44.1 Å². The van der Waals surface area contributed by atoms with Gasteiger partial charge < -0.3 is 20.4 Å². The van der Waals surface area contributed by atoms with Crippen molar-refractivity contribution in [1.29, 1.82) is 0 Å². The van der Waals surface area contributed by atoms with Crippen LogP contribution >= 0.6 is 0 Å². The largest absolute Gasteiger partial charge is 0.379 e. The van der Waals surface area contributed by atoms with Gasteiger partial charge in [0.05, 0.1) is 24.5 Å². The summed E-state index contributed by atoms with van der Waals surface area (Å²) in [5.41, 5.74) is 4.05. The number of halogens is 1. The van der Waals surface area contributed by atoms with E-state index in [1.165, 1.54) is 6.07 Å². The van der Waals surface area contributed by atoms with Gasteiger partial charge in [0.2, 0.25) is 5.91 Å². The zero-order valence-electron chi connectivity index (χ0n) is 17.2. The monoisotopic (exact) mass is 424 g/mol. The summed E-state index contributed by atoms with van der Waals surface area (Å²) in [6.07, 6.45) is 4.78. The van der Waals surface area contributed by atoms with E-state index in [4.69, 9.17) is 4.74 Å². The third-order valence-electron chi connectivity index (χ3n) is 6.17. The number of ether oxygens (including phenoxy) is 1. The van der Waals surface area contributed by atoms with Crippen molar-refractivity contribution in [3.05, 3.63) is 52.6 Å². The zero-order chi connectivity index (χ0) is 21.4. The average Bonchev–Trinajstić information content (AvgIpc) is 3.44. The smallest absolute Gasteiger partial charge is 0.256 e. The number of hydrogen-bond acceptors (Lipinski definition) is 4. The number of morpholine rings is 1. The van der Waals surface area contributed by atoms with Crippen molar-refractivity contribution < 1.29 is 18.7 Å². The van der Waals surface area contributed by atoms with Crippen LogP contribution in [0.3, 0.4) is 0 Å². The summed E-state index contributed by atoms with van der Waals surface area (Å²) in [6.45, 7) is 4.76. The molecule has 0 aliphatic carbocycles. The Kier molecular flexibility index (Phi) is 5.33. The molecule has 0 radical (unpaired) electrons. The fourth-order valence-electron chi connectivity index (χ4n) is 4.47. The molecular formula is C23H25FN4O3. The fourth-order valence-corrected chi connectivity index (χ4v) is 4.47. The first-order valence-corrected chi connectivity index (χ1v) is 10.7. The SMILES string of the molecule is O=C1Nc2cc(F)c(CC3CCNC3=O)cc2/C1=C/c1cc(CN2CCOCC2)c[nH]1. The van der Waals surface area contributed by atoms with E-state index in [1.807, 2.05) is 12.3 Å². The second-order valence-electron chi connectivity index (χ2n) is 8.33. The summed E-state index contributed by atoms with van der Waals surface area (Å²) in [5, 5.41) is 5.54. The van der Waals surface area contributed by atoms with E-state index in [-0.39, 0.29) is 17.7 Å². The molecule has 1 atom stereocenters. The molecule has 3 N–H and O–H groups in total. The number of nitrogens with zero attached hydrogens (tertiary/aromatic N) is 1. The van der Waals surface area contributed by atoms with Gasteiger partial charge >= 0.3 is 0 Å². The summed E-state index contributed by atoms with van der Waals surface area (Å²) in [7, 11) is 0. The standard InChI is InChI=1S/C23H25FN4O3/c24-20-11-21-18(9-16(20)8-15-1-2-25-22(15)29)19(23(30)27-21)10-17-7-14(12-26-17)13-28-3-5-31-6-4-28/h7,9-12,15,26H,1-6,8,13H2,(H,25,29)(H,27,30)/b19-10-. The Morgan fingerprint density at radius 2 is 2.03 bits per heavy atom. The topological polar surface area (TPSA) is 86.5 Å². The maximum absolute atomic E-state index is 14.6. The maximum Gasteiger partial charge on any atom is 0.256 e. The summed E-state index contributed by atoms with van der Waals surface area (Å²) < 4.78 is 20.0. The number of hydrogen-bond donors (Lipinski definition) is 3. The maximum atomic E-state index is 14.6. The van der Waals surface area contributed by atoms with Gasteiger partial charge in [0.25, 0.3) is 5.91 Å². The van der Waals surface area contributed by atoms with Crippen molar-refractivity contribution in [2.45, 2.75) is 19.4 Å². The number of carbonyl (C=O) groups is 2. The number of nitrogens with one attached hydrogen (secondary N) is 3. The predicted octanol–water partition coefficient (Wildman–Crippen LogP) is 2.16. The van der Waals surface area contributed by atoms with Crippen LogP contribution in [0.25, 0.3) is 11.6 Å². The van der Waals surface area contributed by atoms with Crippen molar-refractivity contribution in [1.82, 2.24) is 15.2 Å². The molecule has 5 rings (SSSR count). The Hall–Kier alpha value is -2.97. The highest BCUT2D eigenvalue weighted by Gasteiger charge is 2.29. The number of aromatic amines is 1. The van der Waals surface area contributed by atoms with Gasteiger partial charge in [-0.3, -0.25) is 14.5 Å². The minimum absolute atomic E-state index is 0.0379. The normalized spacial score (nSPS) is 22.6. The molecule has 2 amide bonds. The average molecular weight is 424 g/mol. The molecule has 7 nitrogen and oxygen atoms in total. The van der Waals surface area contributed by atoms with Crippen LogP contribution in [0.5, 0.6) is 0 Å². The molecule has 1 aromatic carbocycles. The second-order valence-corrected chi connectivity index (χ2v) is 8.33. The molecule has 0 bridgehead atoms. The molecular weight excluding hydrogens is 399 g/mol. The Labute approximate surface area is 179 Å². The predicted molar refractivity (Wildman–Crippen MR) is 115 cm³/mol. The van der Waals surface area contributed by atoms with Gasteiger partial charge in [-0.15, -0.1) is 0 Å². The van der Waals surface area contributed by atoms with E-state index in [2.05, 4.69) is 20.5 Å². The Bertz CT molecular complexity index is 1060. The molecule has 8 heteroatoms. The quantitative estimate of drug-likeness (QED) is 0.642. The number of carbonyl (C=O) groups excluding carboxylic acids is 2. The summed E-state index contributed by atoms with van der Waals surface area (Å²) >= 11 is 0. The molecule has 0 spiro atoms. The molecule has 2 fully saturated rings. The number of rotatable bonds is 5. The van der Waals surface area contributed by atoms with Gasteiger partial charge in [0.1, 0.15) is 5.82 Å². The summed E-state index contributed by atoms with van der Waals surface area (Å²) in [6, 6.07) is 5.09. The van der Waals surface area contributed by atoms with Crippen molar-refractivity contribution in [2.75, 3.05) is 38.2 Å². The third kappa shape index (κ3) is 4.13. The van der Waals surface area contributed by atoms with Crippen LogP contribution in [-0.4, -0.2) is 54.5 Å². The molecule has 2 saturated heterocycles. The van der Waals surface area contributed by atoms with Crippen LogP contribution in [-0.2, 0) is 27.3 Å². The third-order valence-corrected chi connectivity index (χ3v) is 6.17. The van der Waals surface area contributed by atoms with Gasteiger partial charge in [-0.25, -0.2) is 4.39 Å². The molecule has 2 aromatic rings. The van der Waals surface area contributed by atoms with Gasteiger partial charge in [0, 0.05) is 49.6 Å². The van der Waals surface area contributed by atoms with Crippen molar-refractivity contribution in [2.24, 2.45) is 5.92 Å². The first-order chi connectivity index (χ1) is 15.1. The van der Waals surface area contributed by atoms with E-state index in [0.29, 0.717) is 41.8 Å². The molecule has 31 heavy (non-hydrogen) atoms. The van der Waals surface area contributed by atoms with Crippen LogP contribution in [0.4, 0.5) is 10.1 Å². The van der Waals surface area contributed by atoms with Crippen LogP contribution < -0.4 is 10.6 Å². The van der Waals surface area contributed by atoms with Crippen molar-refractivity contribution >= 4 is 29.2 Å². The van der Waals surface area contributed by atoms with E-state index < -0.39 is 5.82 Å². The van der Waals surface area contributed by atoms with Crippen LogP contribution in [0.2, 0.25) is 0 Å². The number of fused-ring (bicyclic) bond motifs is 1. The van der Waals surface area contributed by atoms with E-state index >= 15 is 0 Å². The molecule has 3 aliphatic heterocycles. The number of amides is 2. The van der Waals surface area contributed by atoms with Crippen molar-refractivity contribution in [3.8, 4) is 0 Å². The fraction of sp³-hybridized carbons (Fsp3) is 0.391. The lowest BCUT2D eigenvalue weighted by Crippen LogP contribution is -2.35. The van der Waals surface area contributed by atoms with Crippen LogP contribution in [0, 0.1) is 11.7 Å². The summed E-state index contributed by atoms with van der Waals surface area (Å²) in [5.74, 6) is -0.914.